The molecule has 3 aromatic carbocycles. The zero-order chi connectivity index (χ0) is 25.2. The Bertz CT molecular complexity index is 1400. The molecule has 1 amide bonds. The highest BCUT2D eigenvalue weighted by atomic mass is 35.5. The second-order valence-electron chi connectivity index (χ2n) is 9.40. The Kier molecular flexibility index (Phi) is 7.08. The number of ether oxygens (including phenoxy) is 2. The Morgan fingerprint density at radius 1 is 1.08 bits per heavy atom. The Morgan fingerprint density at radius 2 is 1.89 bits per heavy atom. The molecule has 188 valence electrons. The van der Waals surface area contributed by atoms with Gasteiger partial charge in [0.25, 0.3) is 5.91 Å². The van der Waals surface area contributed by atoms with Gasteiger partial charge in [-0.3, -0.25) is 4.79 Å². The smallest absolute Gasteiger partial charge is 0.294 e. The number of anilines is 1. The fourth-order valence-electron chi connectivity index (χ4n) is 4.59. The highest BCUT2D eigenvalue weighted by Crippen LogP contribution is 2.47. The van der Waals surface area contributed by atoms with Gasteiger partial charge < -0.3 is 23.7 Å². The number of benzene rings is 3. The molecule has 1 atom stereocenters. The number of rotatable bonds is 9. The number of carbonyl (C=O) groups is 1. The molecule has 0 aliphatic carbocycles. The van der Waals surface area contributed by atoms with Crippen LogP contribution in [0.25, 0.3) is 21.7 Å². The van der Waals surface area contributed by atoms with E-state index in [0.29, 0.717) is 25.3 Å². The standard InChI is InChI=1S/C29H31ClN2O4/c1-4-5-13-35-26-17-24-28(22-9-7-6-8-21(22)26)23(30)18-32(24)29(33)27-16-19-15-20(10-11-25(19)36-27)34-14-12-31(2)3/h6-11,15-17,23H,4-5,12-14,18H2,1-3H3/t23-/m1/s1. The number of nitrogens with zero attached hydrogens (tertiary/aromatic N) is 2. The number of alkyl halides is 1. The van der Waals surface area contributed by atoms with Gasteiger partial charge in [0, 0.05) is 35.5 Å². The van der Waals surface area contributed by atoms with Crippen LogP contribution in [0.15, 0.2) is 59.0 Å². The van der Waals surface area contributed by atoms with E-state index in [9.17, 15) is 4.79 Å². The molecule has 0 saturated carbocycles. The predicted molar refractivity (Wildman–Crippen MR) is 145 cm³/mol. The summed E-state index contributed by atoms with van der Waals surface area (Å²) in [4.78, 5) is 17.4. The van der Waals surface area contributed by atoms with Gasteiger partial charge in [-0.1, -0.05) is 37.6 Å². The third-order valence-electron chi connectivity index (χ3n) is 6.48. The monoisotopic (exact) mass is 506 g/mol. The lowest BCUT2D eigenvalue weighted by molar-refractivity contribution is 0.0964. The average molecular weight is 507 g/mol. The Morgan fingerprint density at radius 3 is 2.67 bits per heavy atom. The van der Waals surface area contributed by atoms with Crippen LogP contribution in [0, 0.1) is 0 Å². The van der Waals surface area contributed by atoms with E-state index in [4.69, 9.17) is 25.5 Å². The van der Waals surface area contributed by atoms with Gasteiger partial charge in [0.2, 0.25) is 0 Å². The van der Waals surface area contributed by atoms with Crippen molar-refractivity contribution in [2.75, 3.05) is 45.3 Å². The summed E-state index contributed by atoms with van der Waals surface area (Å²) in [6.45, 7) is 4.53. The molecule has 0 radical (unpaired) electrons. The summed E-state index contributed by atoms with van der Waals surface area (Å²) in [5.41, 5.74) is 2.37. The van der Waals surface area contributed by atoms with Crippen LogP contribution < -0.4 is 14.4 Å². The molecule has 1 aliphatic heterocycles. The van der Waals surface area contributed by atoms with Gasteiger partial charge in [-0.15, -0.1) is 11.6 Å². The summed E-state index contributed by atoms with van der Waals surface area (Å²) < 4.78 is 17.9. The van der Waals surface area contributed by atoms with Crippen LogP contribution in [0.3, 0.4) is 0 Å². The minimum atomic E-state index is -0.320. The molecule has 0 fully saturated rings. The molecule has 0 spiro atoms. The van der Waals surface area contributed by atoms with Gasteiger partial charge in [0.1, 0.15) is 23.7 Å². The van der Waals surface area contributed by atoms with Crippen molar-refractivity contribution < 1.29 is 18.7 Å². The Balaban J connectivity index is 1.46. The molecule has 36 heavy (non-hydrogen) atoms. The predicted octanol–water partition coefficient (Wildman–Crippen LogP) is 6.65. The van der Waals surface area contributed by atoms with Crippen molar-refractivity contribution in [3.8, 4) is 11.5 Å². The van der Waals surface area contributed by atoms with E-state index in [1.807, 2.05) is 62.6 Å². The lowest BCUT2D eigenvalue weighted by atomic mass is 10.0. The number of halogens is 1. The van der Waals surface area contributed by atoms with Crippen LogP contribution in [0.2, 0.25) is 0 Å². The number of hydrogen-bond donors (Lipinski definition) is 0. The number of carbonyl (C=O) groups excluding carboxylic acids is 1. The molecular weight excluding hydrogens is 476 g/mol. The molecule has 5 rings (SSSR count). The minimum absolute atomic E-state index is 0.222. The molecule has 6 nitrogen and oxygen atoms in total. The normalized spacial score (nSPS) is 15.1. The zero-order valence-corrected chi connectivity index (χ0v) is 21.7. The molecule has 0 unspecified atom stereocenters. The van der Waals surface area contributed by atoms with Gasteiger partial charge in [0.15, 0.2) is 5.76 Å². The Labute approximate surface area is 216 Å². The lowest BCUT2D eigenvalue weighted by Gasteiger charge is -2.18. The maximum atomic E-state index is 13.7. The number of amides is 1. The van der Waals surface area contributed by atoms with E-state index in [0.717, 1.165) is 58.3 Å². The van der Waals surface area contributed by atoms with Crippen molar-refractivity contribution in [2.45, 2.75) is 25.1 Å². The molecule has 0 N–H and O–H groups in total. The van der Waals surface area contributed by atoms with Crippen LogP contribution in [0.4, 0.5) is 5.69 Å². The number of furan rings is 1. The molecule has 4 aromatic rings. The first-order valence-electron chi connectivity index (χ1n) is 12.4. The fraction of sp³-hybridized carbons (Fsp3) is 0.345. The fourth-order valence-corrected chi connectivity index (χ4v) is 4.95. The topological polar surface area (TPSA) is 55.1 Å². The molecule has 0 bridgehead atoms. The maximum Gasteiger partial charge on any atom is 0.294 e. The van der Waals surface area contributed by atoms with E-state index in [-0.39, 0.29) is 17.0 Å². The van der Waals surface area contributed by atoms with Crippen molar-refractivity contribution in [3.05, 3.63) is 65.9 Å². The SMILES string of the molecule is CCCCOc1cc2c(c3ccccc13)[C@H](Cl)CN2C(=O)c1cc2cc(OCCN(C)C)ccc2o1. The van der Waals surface area contributed by atoms with Gasteiger partial charge in [-0.2, -0.15) is 0 Å². The maximum absolute atomic E-state index is 13.7. The number of hydrogen-bond acceptors (Lipinski definition) is 5. The number of likely N-dealkylation sites (N-methyl/N-ethyl adjacent to an activating group) is 1. The van der Waals surface area contributed by atoms with Crippen LogP contribution >= 0.6 is 11.6 Å². The minimum Gasteiger partial charge on any atom is -0.493 e. The molecule has 1 aromatic heterocycles. The van der Waals surface area contributed by atoms with E-state index in [1.165, 1.54) is 0 Å². The van der Waals surface area contributed by atoms with E-state index >= 15 is 0 Å². The van der Waals surface area contributed by atoms with Crippen molar-refractivity contribution in [1.29, 1.82) is 0 Å². The molecule has 2 heterocycles. The summed E-state index contributed by atoms with van der Waals surface area (Å²) in [7, 11) is 4.01. The highest BCUT2D eigenvalue weighted by molar-refractivity contribution is 6.25. The van der Waals surface area contributed by atoms with Gasteiger partial charge in [-0.05, 0) is 50.2 Å². The van der Waals surface area contributed by atoms with E-state index in [2.05, 4.69) is 11.8 Å². The Hall–Kier alpha value is -3.22. The summed E-state index contributed by atoms with van der Waals surface area (Å²) >= 11 is 6.81. The number of fused-ring (bicyclic) bond motifs is 4. The molecule has 1 aliphatic rings. The van der Waals surface area contributed by atoms with E-state index < -0.39 is 0 Å². The van der Waals surface area contributed by atoms with Crippen molar-refractivity contribution in [3.63, 3.8) is 0 Å². The van der Waals surface area contributed by atoms with Crippen LogP contribution in [-0.2, 0) is 0 Å². The second-order valence-corrected chi connectivity index (χ2v) is 9.93. The van der Waals surface area contributed by atoms with Gasteiger partial charge >= 0.3 is 0 Å². The van der Waals surface area contributed by atoms with Gasteiger partial charge in [-0.25, -0.2) is 0 Å². The molecular formula is C29H31ClN2O4. The third kappa shape index (κ3) is 4.75. The van der Waals surface area contributed by atoms with Gasteiger partial charge in [0.05, 0.1) is 17.7 Å². The van der Waals surface area contributed by atoms with Crippen LogP contribution in [0.5, 0.6) is 11.5 Å². The van der Waals surface area contributed by atoms with Crippen molar-refractivity contribution >= 4 is 44.9 Å². The van der Waals surface area contributed by atoms with E-state index in [1.54, 1.807) is 11.0 Å². The summed E-state index contributed by atoms with van der Waals surface area (Å²) in [5, 5.41) is 2.53. The van der Waals surface area contributed by atoms with Crippen LogP contribution in [0.1, 0.15) is 41.3 Å². The highest BCUT2D eigenvalue weighted by Gasteiger charge is 2.35. The van der Waals surface area contributed by atoms with Crippen molar-refractivity contribution in [2.24, 2.45) is 0 Å². The molecule has 0 saturated heterocycles. The number of unbranched alkanes of at least 4 members (excludes halogenated alkanes) is 1. The first-order chi connectivity index (χ1) is 17.5. The van der Waals surface area contributed by atoms with Crippen molar-refractivity contribution in [1.82, 2.24) is 4.90 Å². The first-order valence-corrected chi connectivity index (χ1v) is 12.9. The second kappa shape index (κ2) is 10.4. The largest absolute Gasteiger partial charge is 0.493 e. The average Bonchev–Trinajstić information content (AvgIpc) is 3.44. The molecule has 7 heteroatoms. The quantitative estimate of drug-likeness (QED) is 0.188. The summed E-state index contributed by atoms with van der Waals surface area (Å²) in [6.07, 6.45) is 2.01. The summed E-state index contributed by atoms with van der Waals surface area (Å²) in [5.74, 6) is 1.57. The van der Waals surface area contributed by atoms with Crippen LogP contribution in [-0.4, -0.2) is 51.2 Å². The zero-order valence-electron chi connectivity index (χ0n) is 20.9. The summed E-state index contributed by atoms with van der Waals surface area (Å²) in [6, 6.07) is 17.4. The first kappa shape index (κ1) is 24.5. The third-order valence-corrected chi connectivity index (χ3v) is 6.84. The lowest BCUT2D eigenvalue weighted by Crippen LogP contribution is -2.28.